The van der Waals surface area contributed by atoms with Gasteiger partial charge in [-0.15, -0.1) is 0 Å². The maximum Gasteiger partial charge on any atom is 0.136 e. The van der Waals surface area contributed by atoms with Gasteiger partial charge in [0.1, 0.15) is 5.15 Å². The number of nitrogens with one attached hydrogen (secondary N) is 1. The minimum Gasteiger partial charge on any atom is -0.377 e. The highest BCUT2D eigenvalue weighted by molar-refractivity contribution is 6.31. The van der Waals surface area contributed by atoms with Gasteiger partial charge in [-0.2, -0.15) is 0 Å². The van der Waals surface area contributed by atoms with E-state index in [0.29, 0.717) is 11.3 Å². The van der Waals surface area contributed by atoms with Crippen molar-refractivity contribution in [3.05, 3.63) is 35.0 Å². The van der Waals surface area contributed by atoms with Crippen molar-refractivity contribution >= 4 is 28.2 Å². The first-order chi connectivity index (χ1) is 12.3. The molecule has 2 saturated heterocycles. The van der Waals surface area contributed by atoms with Gasteiger partial charge in [-0.1, -0.05) is 29.8 Å². The fraction of sp³-hybridized carbons (Fsp3) is 0.550. The summed E-state index contributed by atoms with van der Waals surface area (Å²) in [5.74, 6) is 0. The average Bonchev–Trinajstić information content (AvgIpc) is 3.16. The highest BCUT2D eigenvalue weighted by Crippen LogP contribution is 2.35. The van der Waals surface area contributed by atoms with Gasteiger partial charge in [-0.3, -0.25) is 0 Å². The Bertz CT molecular complexity index is 724. The van der Waals surface area contributed by atoms with Crippen LogP contribution in [0.2, 0.25) is 5.15 Å². The predicted molar refractivity (Wildman–Crippen MR) is 103 cm³/mol. The molecule has 0 amide bonds. The second kappa shape index (κ2) is 7.90. The van der Waals surface area contributed by atoms with E-state index in [0.717, 1.165) is 50.3 Å². The Morgan fingerprint density at radius 3 is 2.80 bits per heavy atom. The molecule has 2 aliphatic heterocycles. The molecular formula is C20H26ClN3O. The van der Waals surface area contributed by atoms with Gasteiger partial charge in [0, 0.05) is 43.7 Å². The average molecular weight is 360 g/mol. The van der Waals surface area contributed by atoms with Crippen molar-refractivity contribution in [1.29, 1.82) is 0 Å². The van der Waals surface area contributed by atoms with E-state index in [-0.39, 0.29) is 0 Å². The zero-order chi connectivity index (χ0) is 17.1. The lowest BCUT2D eigenvalue weighted by Crippen LogP contribution is -2.32. The van der Waals surface area contributed by atoms with E-state index in [1.165, 1.54) is 36.8 Å². The Kier molecular flexibility index (Phi) is 5.39. The predicted octanol–water partition coefficient (Wildman–Crippen LogP) is 4.15. The second-order valence-electron chi connectivity index (χ2n) is 7.06. The number of nitrogens with zero attached hydrogens (tertiary/aromatic N) is 2. The van der Waals surface area contributed by atoms with Crippen molar-refractivity contribution in [2.75, 3.05) is 31.1 Å². The standard InChI is InChI=1S/C20H26ClN3O/c21-20-17(14-22-13-15-7-6-12-25-15)19(24-10-4-1-5-11-24)16-8-2-3-9-18(16)23-20/h2-3,8-9,15,22H,1,4-7,10-14H2. The molecule has 5 heteroatoms. The molecule has 3 heterocycles. The highest BCUT2D eigenvalue weighted by atomic mass is 35.5. The zero-order valence-corrected chi connectivity index (χ0v) is 15.4. The van der Waals surface area contributed by atoms with Crippen molar-refractivity contribution in [2.45, 2.75) is 44.8 Å². The molecular weight excluding hydrogens is 334 g/mol. The van der Waals surface area contributed by atoms with Crippen molar-refractivity contribution in [3.8, 4) is 0 Å². The third-order valence-electron chi connectivity index (χ3n) is 5.28. The van der Waals surface area contributed by atoms with Crippen molar-refractivity contribution in [1.82, 2.24) is 10.3 Å². The van der Waals surface area contributed by atoms with Gasteiger partial charge in [0.05, 0.1) is 17.3 Å². The zero-order valence-electron chi connectivity index (χ0n) is 14.6. The molecule has 0 spiro atoms. The molecule has 0 aliphatic carbocycles. The number of anilines is 1. The molecule has 1 N–H and O–H groups in total. The Hall–Kier alpha value is -1.36. The largest absolute Gasteiger partial charge is 0.377 e. The molecule has 0 saturated carbocycles. The third-order valence-corrected chi connectivity index (χ3v) is 5.60. The van der Waals surface area contributed by atoms with Crippen molar-refractivity contribution in [3.63, 3.8) is 0 Å². The van der Waals surface area contributed by atoms with E-state index in [2.05, 4.69) is 33.4 Å². The van der Waals surface area contributed by atoms with Crippen LogP contribution < -0.4 is 10.2 Å². The van der Waals surface area contributed by atoms with Crippen LogP contribution in [0, 0.1) is 0 Å². The summed E-state index contributed by atoms with van der Waals surface area (Å²) >= 11 is 6.61. The first-order valence-corrected chi connectivity index (χ1v) is 9.85. The molecule has 4 rings (SSSR count). The Labute approximate surface area is 154 Å². The fourth-order valence-corrected chi connectivity index (χ4v) is 4.25. The van der Waals surface area contributed by atoms with E-state index >= 15 is 0 Å². The van der Waals surface area contributed by atoms with Gasteiger partial charge in [-0.25, -0.2) is 4.98 Å². The van der Waals surface area contributed by atoms with E-state index in [1.54, 1.807) is 0 Å². The maximum atomic E-state index is 6.61. The Morgan fingerprint density at radius 2 is 2.00 bits per heavy atom. The van der Waals surface area contributed by atoms with E-state index in [1.807, 2.05) is 6.07 Å². The van der Waals surface area contributed by atoms with Crippen LogP contribution in [-0.2, 0) is 11.3 Å². The summed E-state index contributed by atoms with van der Waals surface area (Å²) < 4.78 is 5.72. The van der Waals surface area contributed by atoms with Crippen molar-refractivity contribution < 1.29 is 4.74 Å². The molecule has 0 bridgehead atoms. The molecule has 2 aromatic rings. The van der Waals surface area contributed by atoms with Crippen LogP contribution in [0.3, 0.4) is 0 Å². The van der Waals surface area contributed by atoms with Crippen LogP contribution in [0.4, 0.5) is 5.69 Å². The molecule has 134 valence electrons. The van der Waals surface area contributed by atoms with Gasteiger partial charge in [0.2, 0.25) is 0 Å². The number of rotatable bonds is 5. The van der Waals surface area contributed by atoms with Gasteiger partial charge in [-0.05, 0) is 38.2 Å². The molecule has 2 fully saturated rings. The Balaban J connectivity index is 1.64. The number of hydrogen-bond donors (Lipinski definition) is 1. The van der Waals surface area contributed by atoms with Crippen LogP contribution in [0.1, 0.15) is 37.7 Å². The summed E-state index contributed by atoms with van der Waals surface area (Å²) in [6.07, 6.45) is 6.47. The molecule has 2 aliphatic rings. The first kappa shape index (κ1) is 17.1. The molecule has 0 radical (unpaired) electrons. The summed E-state index contributed by atoms with van der Waals surface area (Å²) in [6.45, 7) is 4.71. The molecule has 1 aromatic heterocycles. The van der Waals surface area contributed by atoms with E-state index in [9.17, 15) is 0 Å². The number of ether oxygens (including phenoxy) is 1. The minimum atomic E-state index is 0.339. The second-order valence-corrected chi connectivity index (χ2v) is 7.42. The molecule has 1 atom stereocenters. The minimum absolute atomic E-state index is 0.339. The van der Waals surface area contributed by atoms with Crippen LogP contribution in [0.5, 0.6) is 0 Å². The normalized spacial score (nSPS) is 21.2. The fourth-order valence-electron chi connectivity index (χ4n) is 4.00. The third kappa shape index (κ3) is 3.76. The number of piperidine rings is 1. The van der Waals surface area contributed by atoms with Gasteiger partial charge in [0.25, 0.3) is 0 Å². The summed E-state index contributed by atoms with van der Waals surface area (Å²) in [4.78, 5) is 7.15. The summed E-state index contributed by atoms with van der Waals surface area (Å²) in [6, 6.07) is 8.35. The number of hydrogen-bond acceptors (Lipinski definition) is 4. The monoisotopic (exact) mass is 359 g/mol. The lowest BCUT2D eigenvalue weighted by atomic mass is 10.0. The summed E-state index contributed by atoms with van der Waals surface area (Å²) in [5.41, 5.74) is 3.38. The molecule has 1 unspecified atom stereocenters. The molecule has 4 nitrogen and oxygen atoms in total. The smallest absolute Gasteiger partial charge is 0.136 e. The van der Waals surface area contributed by atoms with Gasteiger partial charge >= 0.3 is 0 Å². The van der Waals surface area contributed by atoms with Crippen LogP contribution >= 0.6 is 11.6 Å². The van der Waals surface area contributed by atoms with Crippen LogP contribution in [-0.4, -0.2) is 37.3 Å². The van der Waals surface area contributed by atoms with Crippen molar-refractivity contribution in [2.24, 2.45) is 0 Å². The number of fused-ring (bicyclic) bond motifs is 1. The van der Waals surface area contributed by atoms with Gasteiger partial charge in [0.15, 0.2) is 0 Å². The SMILES string of the molecule is Clc1nc2ccccc2c(N2CCCCC2)c1CNCC1CCCO1. The number of pyridine rings is 1. The van der Waals surface area contributed by atoms with Crippen LogP contribution in [0.15, 0.2) is 24.3 Å². The van der Waals surface area contributed by atoms with E-state index in [4.69, 9.17) is 16.3 Å². The number of para-hydroxylation sites is 1. The maximum absolute atomic E-state index is 6.61. The number of aromatic nitrogens is 1. The quantitative estimate of drug-likeness (QED) is 0.814. The highest BCUT2D eigenvalue weighted by Gasteiger charge is 2.21. The molecule has 1 aromatic carbocycles. The Morgan fingerprint density at radius 1 is 1.16 bits per heavy atom. The summed E-state index contributed by atoms with van der Waals surface area (Å²) in [5, 5.41) is 5.39. The molecule has 25 heavy (non-hydrogen) atoms. The van der Waals surface area contributed by atoms with Gasteiger partial charge < -0.3 is 15.0 Å². The number of halogens is 1. The summed E-state index contributed by atoms with van der Waals surface area (Å²) in [7, 11) is 0. The van der Waals surface area contributed by atoms with Crippen LogP contribution in [0.25, 0.3) is 10.9 Å². The lowest BCUT2D eigenvalue weighted by Gasteiger charge is -2.32. The topological polar surface area (TPSA) is 37.4 Å². The number of benzene rings is 1. The van der Waals surface area contributed by atoms with E-state index < -0.39 is 0 Å². The first-order valence-electron chi connectivity index (χ1n) is 9.47. The lowest BCUT2D eigenvalue weighted by molar-refractivity contribution is 0.110.